The molecule has 0 radical (unpaired) electrons. The Labute approximate surface area is 170 Å². The summed E-state index contributed by atoms with van der Waals surface area (Å²) < 4.78 is 15.9. The van der Waals surface area contributed by atoms with Crippen molar-refractivity contribution in [3.05, 3.63) is 45.5 Å². The summed E-state index contributed by atoms with van der Waals surface area (Å²) >= 11 is 1.42. The van der Waals surface area contributed by atoms with Crippen molar-refractivity contribution >= 4 is 39.2 Å². The number of nitrogens with one attached hydrogen (secondary N) is 1. The lowest BCUT2D eigenvalue weighted by molar-refractivity contribution is -0.119. The summed E-state index contributed by atoms with van der Waals surface area (Å²) in [5.74, 6) is -0.516. The van der Waals surface area contributed by atoms with Crippen LogP contribution in [0.4, 0.5) is 5.00 Å². The number of aryl methyl sites for hydroxylation is 2. The van der Waals surface area contributed by atoms with E-state index in [-0.39, 0.29) is 5.76 Å². The Kier molecular flexibility index (Phi) is 4.99. The fourth-order valence-electron chi connectivity index (χ4n) is 3.49. The summed E-state index contributed by atoms with van der Waals surface area (Å²) in [6, 6.07) is 7.39. The van der Waals surface area contributed by atoms with Gasteiger partial charge in [-0.2, -0.15) is 5.26 Å². The Balaban J connectivity index is 1.44. The lowest BCUT2D eigenvalue weighted by Crippen LogP contribution is -2.21. The van der Waals surface area contributed by atoms with E-state index in [0.29, 0.717) is 27.5 Å². The highest BCUT2D eigenvalue weighted by atomic mass is 32.1. The number of methoxy groups -OCH3 is 1. The number of hydrogen-bond donors (Lipinski definition) is 1. The molecule has 7 nitrogen and oxygen atoms in total. The van der Waals surface area contributed by atoms with Crippen molar-refractivity contribution in [2.24, 2.45) is 0 Å². The van der Waals surface area contributed by atoms with Crippen molar-refractivity contribution in [1.82, 2.24) is 0 Å². The molecule has 1 aromatic carbocycles. The third-order valence-electron chi connectivity index (χ3n) is 4.95. The molecule has 0 unspecified atom stereocenters. The molecule has 0 bridgehead atoms. The van der Waals surface area contributed by atoms with Crippen molar-refractivity contribution in [3.63, 3.8) is 0 Å². The molecule has 148 valence electrons. The van der Waals surface area contributed by atoms with Crippen LogP contribution in [0.25, 0.3) is 11.0 Å². The fraction of sp³-hybridized carbons (Fsp3) is 0.286. The molecule has 1 amide bonds. The minimum Gasteiger partial charge on any atom is -0.497 e. The average Bonchev–Trinajstić information content (AvgIpc) is 3.39. The molecule has 0 saturated carbocycles. The maximum Gasteiger partial charge on any atom is 0.375 e. The lowest BCUT2D eigenvalue weighted by atomic mass is 10.1. The number of rotatable bonds is 5. The van der Waals surface area contributed by atoms with Crippen LogP contribution < -0.4 is 10.1 Å². The fourth-order valence-corrected chi connectivity index (χ4v) is 4.75. The quantitative estimate of drug-likeness (QED) is 0.639. The van der Waals surface area contributed by atoms with Gasteiger partial charge >= 0.3 is 5.97 Å². The predicted octanol–water partition coefficient (Wildman–Crippen LogP) is 3.97. The number of fused-ring (bicyclic) bond motifs is 2. The zero-order valence-corrected chi connectivity index (χ0v) is 16.8. The minimum absolute atomic E-state index is 0.0499. The summed E-state index contributed by atoms with van der Waals surface area (Å²) in [4.78, 5) is 25.8. The molecule has 8 heteroatoms. The molecule has 2 heterocycles. The van der Waals surface area contributed by atoms with Gasteiger partial charge in [-0.1, -0.05) is 0 Å². The first kappa shape index (κ1) is 19.0. The largest absolute Gasteiger partial charge is 0.497 e. The van der Waals surface area contributed by atoms with Gasteiger partial charge in [-0.25, -0.2) is 4.79 Å². The number of carbonyl (C=O) groups is 2. The number of carbonyl (C=O) groups excluding carboxylic acids is 2. The first-order chi connectivity index (χ1) is 14.0. The minimum atomic E-state index is -0.720. The Hall–Kier alpha value is -3.31. The molecular weight excluding hydrogens is 392 g/mol. The Morgan fingerprint density at radius 1 is 1.34 bits per heavy atom. The highest BCUT2D eigenvalue weighted by Crippen LogP contribution is 2.38. The zero-order chi connectivity index (χ0) is 20.5. The molecule has 0 atom stereocenters. The molecule has 0 aliphatic heterocycles. The van der Waals surface area contributed by atoms with E-state index in [2.05, 4.69) is 11.4 Å². The van der Waals surface area contributed by atoms with Crippen molar-refractivity contribution in [2.45, 2.75) is 26.2 Å². The third-order valence-corrected chi connectivity index (χ3v) is 6.16. The van der Waals surface area contributed by atoms with E-state index in [9.17, 15) is 14.9 Å². The monoisotopic (exact) mass is 410 g/mol. The van der Waals surface area contributed by atoms with E-state index < -0.39 is 18.5 Å². The predicted molar refractivity (Wildman–Crippen MR) is 107 cm³/mol. The first-order valence-corrected chi connectivity index (χ1v) is 9.92. The molecule has 1 N–H and O–H groups in total. The van der Waals surface area contributed by atoms with Gasteiger partial charge in [0.05, 0.1) is 12.7 Å². The van der Waals surface area contributed by atoms with Crippen LogP contribution in [0.1, 0.15) is 38.5 Å². The summed E-state index contributed by atoms with van der Waals surface area (Å²) in [5, 5.41) is 13.3. The molecule has 0 fully saturated rings. The Bertz CT molecular complexity index is 1170. The van der Waals surface area contributed by atoms with Gasteiger partial charge in [-0.05, 0) is 49.9 Å². The molecule has 29 heavy (non-hydrogen) atoms. The van der Waals surface area contributed by atoms with Gasteiger partial charge in [0.1, 0.15) is 22.4 Å². The number of nitrogens with zero attached hydrogens (tertiary/aromatic N) is 1. The summed E-state index contributed by atoms with van der Waals surface area (Å²) in [6.45, 7) is 1.28. The van der Waals surface area contributed by atoms with Crippen molar-refractivity contribution in [1.29, 1.82) is 5.26 Å². The van der Waals surface area contributed by atoms with Gasteiger partial charge in [-0.15, -0.1) is 11.3 Å². The normalized spacial score (nSPS) is 12.4. The summed E-state index contributed by atoms with van der Waals surface area (Å²) in [5.41, 5.74) is 2.69. The van der Waals surface area contributed by atoms with E-state index in [4.69, 9.17) is 13.9 Å². The van der Waals surface area contributed by atoms with Crippen LogP contribution in [0.3, 0.4) is 0 Å². The van der Waals surface area contributed by atoms with Gasteiger partial charge in [-0.3, -0.25) is 4.79 Å². The average molecular weight is 410 g/mol. The third kappa shape index (κ3) is 3.45. The van der Waals surface area contributed by atoms with Gasteiger partial charge < -0.3 is 19.2 Å². The van der Waals surface area contributed by atoms with Gasteiger partial charge in [0.15, 0.2) is 6.61 Å². The maximum absolute atomic E-state index is 12.4. The highest BCUT2D eigenvalue weighted by molar-refractivity contribution is 7.16. The molecule has 1 aliphatic rings. The highest BCUT2D eigenvalue weighted by Gasteiger charge is 2.24. The molecule has 0 spiro atoms. The molecule has 2 aromatic heterocycles. The SMILES string of the molecule is COc1ccc2oc(C(=O)OCC(=O)Nc3sc4c(c3C#N)CCC4)c(C)c2c1. The molecule has 4 rings (SSSR count). The number of thiophene rings is 1. The van der Waals surface area contributed by atoms with E-state index in [1.54, 1.807) is 32.2 Å². The van der Waals surface area contributed by atoms with E-state index in [0.717, 1.165) is 35.1 Å². The second-order valence-corrected chi connectivity index (χ2v) is 7.82. The molecule has 0 saturated heterocycles. The zero-order valence-electron chi connectivity index (χ0n) is 16.0. The van der Waals surface area contributed by atoms with Gasteiger partial charge in [0, 0.05) is 15.8 Å². The second-order valence-electron chi connectivity index (χ2n) is 6.72. The van der Waals surface area contributed by atoms with Crippen LogP contribution >= 0.6 is 11.3 Å². The second kappa shape index (κ2) is 7.60. The smallest absolute Gasteiger partial charge is 0.375 e. The topological polar surface area (TPSA) is 102 Å². The van der Waals surface area contributed by atoms with E-state index in [1.807, 2.05) is 0 Å². The van der Waals surface area contributed by atoms with Crippen LogP contribution in [0.2, 0.25) is 0 Å². The Morgan fingerprint density at radius 3 is 2.93 bits per heavy atom. The van der Waals surface area contributed by atoms with Crippen molar-refractivity contribution in [2.75, 3.05) is 19.0 Å². The molecule has 1 aliphatic carbocycles. The standard InChI is InChI=1S/C21H18N2O5S/c1-11-14-8-12(26-2)6-7-16(14)28-19(11)21(25)27-10-18(24)23-20-15(9-22)13-4-3-5-17(13)29-20/h6-8H,3-5,10H2,1-2H3,(H,23,24). The number of benzene rings is 1. The maximum atomic E-state index is 12.4. The van der Waals surface area contributed by atoms with Gasteiger partial charge in [0.25, 0.3) is 5.91 Å². The number of furan rings is 1. The number of hydrogen-bond acceptors (Lipinski definition) is 7. The van der Waals surface area contributed by atoms with E-state index >= 15 is 0 Å². The Morgan fingerprint density at radius 2 is 2.17 bits per heavy atom. The van der Waals surface area contributed by atoms with Crippen LogP contribution in [0.5, 0.6) is 5.75 Å². The number of esters is 1. The van der Waals surface area contributed by atoms with Gasteiger partial charge in [0.2, 0.25) is 5.76 Å². The molecular formula is C21H18N2O5S. The van der Waals surface area contributed by atoms with Crippen molar-refractivity contribution < 1.29 is 23.5 Å². The molecule has 3 aromatic rings. The summed E-state index contributed by atoms with van der Waals surface area (Å²) in [6.07, 6.45) is 2.82. The van der Waals surface area contributed by atoms with E-state index in [1.165, 1.54) is 11.3 Å². The number of anilines is 1. The van der Waals surface area contributed by atoms with Crippen molar-refractivity contribution in [3.8, 4) is 11.8 Å². The first-order valence-electron chi connectivity index (χ1n) is 9.10. The lowest BCUT2D eigenvalue weighted by Gasteiger charge is -2.05. The number of nitriles is 1. The van der Waals surface area contributed by atoms with Crippen LogP contribution in [0, 0.1) is 18.3 Å². The summed E-state index contributed by atoms with van der Waals surface area (Å²) in [7, 11) is 1.56. The number of amides is 1. The van der Waals surface area contributed by atoms with Crippen LogP contribution in [0.15, 0.2) is 22.6 Å². The van der Waals surface area contributed by atoms with Crippen LogP contribution in [-0.4, -0.2) is 25.6 Å². The van der Waals surface area contributed by atoms with Crippen LogP contribution in [-0.2, 0) is 22.4 Å². The number of ether oxygens (including phenoxy) is 2.